The third-order valence-corrected chi connectivity index (χ3v) is 6.99. The van der Waals surface area contributed by atoms with Crippen molar-refractivity contribution in [1.82, 2.24) is 10.2 Å². The van der Waals surface area contributed by atoms with Crippen LogP contribution in [0.15, 0.2) is 52.5 Å². The summed E-state index contributed by atoms with van der Waals surface area (Å²) in [6.07, 6.45) is 1.38. The number of carbonyl (C=O) groups is 3. The molecule has 0 aliphatic carbocycles. The second-order valence-corrected chi connectivity index (χ2v) is 9.31. The normalized spacial score (nSPS) is 14.3. The number of halogens is 1. The van der Waals surface area contributed by atoms with Crippen molar-refractivity contribution in [1.29, 1.82) is 0 Å². The molecule has 0 spiro atoms. The van der Waals surface area contributed by atoms with E-state index >= 15 is 0 Å². The van der Waals surface area contributed by atoms with Gasteiger partial charge in [0.1, 0.15) is 0 Å². The van der Waals surface area contributed by atoms with E-state index in [1.54, 1.807) is 41.3 Å². The smallest absolute Gasteiger partial charge is 0.265 e. The fraction of sp³-hybridized carbons (Fsp3) is 0.227. The molecule has 1 aliphatic heterocycles. The molecule has 1 saturated heterocycles. The summed E-state index contributed by atoms with van der Waals surface area (Å²) in [7, 11) is 0. The molecule has 3 heterocycles. The van der Waals surface area contributed by atoms with Crippen LogP contribution in [-0.2, 0) is 0 Å². The number of anilines is 1. The van der Waals surface area contributed by atoms with Gasteiger partial charge in [0.2, 0.25) is 0 Å². The van der Waals surface area contributed by atoms with Crippen LogP contribution in [0, 0.1) is 0 Å². The minimum atomic E-state index is -0.260. The zero-order valence-corrected chi connectivity index (χ0v) is 18.9. The Morgan fingerprint density at radius 2 is 1.81 bits per heavy atom. The quantitative estimate of drug-likeness (QED) is 0.561. The fourth-order valence-electron chi connectivity index (χ4n) is 3.42. The number of benzene rings is 1. The molecule has 1 fully saturated rings. The van der Waals surface area contributed by atoms with Gasteiger partial charge in [-0.1, -0.05) is 17.7 Å². The molecule has 31 heavy (non-hydrogen) atoms. The van der Waals surface area contributed by atoms with Crippen LogP contribution in [0.3, 0.4) is 0 Å². The van der Waals surface area contributed by atoms with E-state index in [1.807, 2.05) is 16.1 Å². The van der Waals surface area contributed by atoms with Gasteiger partial charge >= 0.3 is 0 Å². The van der Waals surface area contributed by atoms with Gasteiger partial charge in [-0.25, -0.2) is 0 Å². The van der Waals surface area contributed by atoms with Crippen LogP contribution in [0.1, 0.15) is 43.2 Å². The highest BCUT2D eigenvalue weighted by Crippen LogP contribution is 2.26. The molecular formula is C22H20ClN3O3S2. The van der Waals surface area contributed by atoms with E-state index in [-0.39, 0.29) is 23.8 Å². The predicted molar refractivity (Wildman–Crippen MR) is 124 cm³/mol. The number of rotatable bonds is 5. The van der Waals surface area contributed by atoms with E-state index in [1.165, 1.54) is 22.7 Å². The van der Waals surface area contributed by atoms with Crippen molar-refractivity contribution in [3.63, 3.8) is 0 Å². The Kier molecular flexibility index (Phi) is 6.70. The van der Waals surface area contributed by atoms with Gasteiger partial charge in [0.25, 0.3) is 17.7 Å². The first-order chi connectivity index (χ1) is 15.0. The first-order valence-corrected chi connectivity index (χ1v) is 12.0. The lowest BCUT2D eigenvalue weighted by Crippen LogP contribution is -2.46. The second kappa shape index (κ2) is 9.64. The van der Waals surface area contributed by atoms with Gasteiger partial charge in [0.05, 0.1) is 15.6 Å². The SMILES string of the molecule is O=C(NC1CCN(C(=O)c2ccc(Cl)c(NC(=O)c3cccs3)c2)CC1)c1ccsc1. The highest BCUT2D eigenvalue weighted by molar-refractivity contribution is 7.12. The molecular weight excluding hydrogens is 454 g/mol. The van der Waals surface area contributed by atoms with Gasteiger partial charge in [-0.3, -0.25) is 14.4 Å². The number of amides is 3. The predicted octanol–water partition coefficient (Wildman–Crippen LogP) is 4.75. The van der Waals surface area contributed by atoms with Crippen molar-refractivity contribution < 1.29 is 14.4 Å². The second-order valence-electron chi connectivity index (χ2n) is 7.18. The van der Waals surface area contributed by atoms with Gasteiger partial charge < -0.3 is 15.5 Å². The summed E-state index contributed by atoms with van der Waals surface area (Å²) in [6, 6.07) is 10.3. The molecule has 0 radical (unpaired) electrons. The van der Waals surface area contributed by atoms with Crippen molar-refractivity contribution in [3.05, 3.63) is 73.6 Å². The van der Waals surface area contributed by atoms with Crippen LogP contribution in [0.25, 0.3) is 0 Å². The van der Waals surface area contributed by atoms with Gasteiger partial charge in [-0.2, -0.15) is 11.3 Å². The van der Waals surface area contributed by atoms with Crippen LogP contribution < -0.4 is 10.6 Å². The maximum absolute atomic E-state index is 13.0. The third-order valence-electron chi connectivity index (χ3n) is 5.11. The number of carbonyl (C=O) groups excluding carboxylic acids is 3. The average Bonchev–Trinajstić information content (AvgIpc) is 3.50. The lowest BCUT2D eigenvalue weighted by Gasteiger charge is -2.32. The zero-order chi connectivity index (χ0) is 21.8. The van der Waals surface area contributed by atoms with Gasteiger partial charge in [0.15, 0.2) is 0 Å². The van der Waals surface area contributed by atoms with Crippen LogP contribution in [0.2, 0.25) is 5.02 Å². The van der Waals surface area contributed by atoms with E-state index < -0.39 is 0 Å². The molecule has 9 heteroatoms. The number of thiophene rings is 2. The summed E-state index contributed by atoms with van der Waals surface area (Å²) in [6.45, 7) is 1.10. The molecule has 0 unspecified atom stereocenters. The fourth-order valence-corrected chi connectivity index (χ4v) is 4.84. The Morgan fingerprint density at radius 3 is 2.48 bits per heavy atom. The average molecular weight is 474 g/mol. The van der Waals surface area contributed by atoms with Crippen molar-refractivity contribution in [2.45, 2.75) is 18.9 Å². The van der Waals surface area contributed by atoms with Gasteiger partial charge in [0, 0.05) is 35.6 Å². The summed E-state index contributed by atoms with van der Waals surface area (Å²) in [5, 5.41) is 11.7. The molecule has 6 nitrogen and oxygen atoms in total. The number of nitrogens with one attached hydrogen (secondary N) is 2. The number of hydrogen-bond donors (Lipinski definition) is 2. The van der Waals surface area contributed by atoms with Crippen LogP contribution in [0.4, 0.5) is 5.69 Å². The number of hydrogen-bond acceptors (Lipinski definition) is 5. The van der Waals surface area contributed by atoms with E-state index in [0.717, 1.165) is 0 Å². The molecule has 2 aromatic heterocycles. The molecule has 4 rings (SSSR count). The topological polar surface area (TPSA) is 78.5 Å². The molecule has 1 aliphatic rings. The van der Waals surface area contributed by atoms with E-state index in [0.29, 0.717) is 52.6 Å². The zero-order valence-electron chi connectivity index (χ0n) is 16.5. The monoisotopic (exact) mass is 473 g/mol. The number of likely N-dealkylation sites (tertiary alicyclic amines) is 1. The van der Waals surface area contributed by atoms with Crippen LogP contribution >= 0.6 is 34.3 Å². The maximum Gasteiger partial charge on any atom is 0.265 e. The Bertz CT molecular complexity index is 1080. The number of piperidine rings is 1. The van der Waals surface area contributed by atoms with Crippen molar-refractivity contribution in [2.24, 2.45) is 0 Å². The Morgan fingerprint density at radius 1 is 1.00 bits per heavy atom. The first kappa shape index (κ1) is 21.5. The standard InChI is InChI=1S/C22H20ClN3O3S2/c23-17-4-3-14(12-18(17)25-21(28)19-2-1-10-31-19)22(29)26-8-5-16(6-9-26)24-20(27)15-7-11-30-13-15/h1-4,7,10-13,16H,5-6,8-9H2,(H,24,27)(H,25,28). The molecule has 0 bridgehead atoms. The lowest BCUT2D eigenvalue weighted by molar-refractivity contribution is 0.0697. The molecule has 0 saturated carbocycles. The molecule has 1 aromatic carbocycles. The Hall–Kier alpha value is -2.68. The van der Waals surface area contributed by atoms with Gasteiger partial charge in [-0.15, -0.1) is 11.3 Å². The van der Waals surface area contributed by atoms with E-state index in [4.69, 9.17) is 11.6 Å². The molecule has 2 N–H and O–H groups in total. The summed E-state index contributed by atoms with van der Waals surface area (Å²) in [5.74, 6) is -0.454. The summed E-state index contributed by atoms with van der Waals surface area (Å²) < 4.78 is 0. The van der Waals surface area contributed by atoms with Crippen LogP contribution in [0.5, 0.6) is 0 Å². The van der Waals surface area contributed by atoms with E-state index in [2.05, 4.69) is 10.6 Å². The van der Waals surface area contributed by atoms with Crippen molar-refractivity contribution in [2.75, 3.05) is 18.4 Å². The maximum atomic E-state index is 13.0. The first-order valence-electron chi connectivity index (χ1n) is 9.78. The van der Waals surface area contributed by atoms with Gasteiger partial charge in [-0.05, 0) is 53.9 Å². The largest absolute Gasteiger partial charge is 0.349 e. The van der Waals surface area contributed by atoms with Crippen LogP contribution in [-0.4, -0.2) is 41.8 Å². The minimum Gasteiger partial charge on any atom is -0.349 e. The summed E-state index contributed by atoms with van der Waals surface area (Å²) in [5.41, 5.74) is 1.54. The minimum absolute atomic E-state index is 0.0438. The summed E-state index contributed by atoms with van der Waals surface area (Å²) in [4.78, 5) is 39.9. The van der Waals surface area contributed by atoms with E-state index in [9.17, 15) is 14.4 Å². The summed E-state index contributed by atoms with van der Waals surface area (Å²) >= 11 is 9.05. The molecule has 3 amide bonds. The highest BCUT2D eigenvalue weighted by Gasteiger charge is 2.25. The lowest BCUT2D eigenvalue weighted by atomic mass is 10.0. The number of nitrogens with zero attached hydrogens (tertiary/aromatic N) is 1. The third kappa shape index (κ3) is 5.15. The Balaban J connectivity index is 1.36. The van der Waals surface area contributed by atoms with Crippen molar-refractivity contribution in [3.8, 4) is 0 Å². The molecule has 160 valence electrons. The highest BCUT2D eigenvalue weighted by atomic mass is 35.5. The molecule has 0 atom stereocenters. The molecule has 3 aromatic rings. The Labute approximate surface area is 192 Å². The van der Waals surface area contributed by atoms with Crippen molar-refractivity contribution >= 4 is 57.7 Å².